The average molecular weight is 297 g/mol. The zero-order valence-corrected chi connectivity index (χ0v) is 12.0. The van der Waals surface area contributed by atoms with Gasteiger partial charge in [0.05, 0.1) is 5.75 Å². The molecule has 0 aromatic heterocycles. The standard InChI is InChI=1S/C13H19N3O3S/c14-20(18,19)7-1-5-16-13(17)11-3-2-10-4-6-15-9-12(10)8-11/h2-3,8,15H,1,4-7,9H2,(H,16,17)(H2,14,18,19). The predicted octanol–water partition coefficient (Wildman–Crippen LogP) is -0.259. The number of nitrogens with two attached hydrogens (primary N) is 1. The molecule has 1 aromatic rings. The minimum Gasteiger partial charge on any atom is -0.352 e. The topological polar surface area (TPSA) is 101 Å². The summed E-state index contributed by atoms with van der Waals surface area (Å²) in [4.78, 5) is 11.9. The van der Waals surface area contributed by atoms with Gasteiger partial charge in [0.1, 0.15) is 0 Å². The SMILES string of the molecule is NS(=O)(=O)CCCNC(=O)c1ccc2c(c1)CNCC2. The second-order valence-corrected chi connectivity index (χ2v) is 6.62. The van der Waals surface area contributed by atoms with E-state index in [-0.39, 0.29) is 11.7 Å². The van der Waals surface area contributed by atoms with Gasteiger partial charge in [-0.05, 0) is 42.6 Å². The Morgan fingerprint density at radius 2 is 2.15 bits per heavy atom. The maximum Gasteiger partial charge on any atom is 0.251 e. The number of benzene rings is 1. The molecule has 1 aliphatic heterocycles. The van der Waals surface area contributed by atoms with E-state index in [1.165, 1.54) is 5.56 Å². The molecule has 0 saturated heterocycles. The first-order valence-electron chi connectivity index (χ1n) is 6.57. The maximum absolute atomic E-state index is 11.9. The molecule has 0 radical (unpaired) electrons. The molecule has 4 N–H and O–H groups in total. The summed E-state index contributed by atoms with van der Waals surface area (Å²) in [7, 11) is -3.46. The second-order valence-electron chi connectivity index (χ2n) is 4.89. The van der Waals surface area contributed by atoms with E-state index >= 15 is 0 Å². The Morgan fingerprint density at radius 3 is 2.90 bits per heavy atom. The number of rotatable bonds is 5. The van der Waals surface area contributed by atoms with Gasteiger partial charge in [-0.3, -0.25) is 4.79 Å². The van der Waals surface area contributed by atoms with Gasteiger partial charge in [0.2, 0.25) is 10.0 Å². The lowest BCUT2D eigenvalue weighted by molar-refractivity contribution is 0.0953. The Balaban J connectivity index is 1.89. The second kappa shape index (κ2) is 6.34. The molecule has 0 aliphatic carbocycles. The third kappa shape index (κ3) is 4.29. The van der Waals surface area contributed by atoms with E-state index < -0.39 is 10.0 Å². The Morgan fingerprint density at radius 1 is 1.35 bits per heavy atom. The van der Waals surface area contributed by atoms with Crippen molar-refractivity contribution in [3.63, 3.8) is 0 Å². The van der Waals surface area contributed by atoms with Crippen LogP contribution in [0.1, 0.15) is 27.9 Å². The van der Waals surface area contributed by atoms with Gasteiger partial charge < -0.3 is 10.6 Å². The zero-order valence-electron chi connectivity index (χ0n) is 11.2. The van der Waals surface area contributed by atoms with Gasteiger partial charge >= 0.3 is 0 Å². The largest absolute Gasteiger partial charge is 0.352 e. The van der Waals surface area contributed by atoms with E-state index in [1.807, 2.05) is 12.1 Å². The van der Waals surface area contributed by atoms with Crippen molar-refractivity contribution in [3.8, 4) is 0 Å². The summed E-state index contributed by atoms with van der Waals surface area (Å²) >= 11 is 0. The molecular formula is C13H19N3O3S. The Hall–Kier alpha value is -1.44. The first-order valence-corrected chi connectivity index (χ1v) is 8.28. The molecule has 20 heavy (non-hydrogen) atoms. The Bertz CT molecular complexity index is 599. The number of primary sulfonamides is 1. The lowest BCUT2D eigenvalue weighted by atomic mass is 9.98. The van der Waals surface area contributed by atoms with Gasteiger partial charge in [-0.15, -0.1) is 0 Å². The quantitative estimate of drug-likeness (QED) is 0.652. The molecule has 0 spiro atoms. The molecule has 2 rings (SSSR count). The van der Waals surface area contributed by atoms with Gasteiger partial charge in [0, 0.05) is 18.7 Å². The van der Waals surface area contributed by atoms with E-state index in [0.717, 1.165) is 25.1 Å². The highest BCUT2D eigenvalue weighted by atomic mass is 32.2. The molecule has 1 amide bonds. The zero-order chi connectivity index (χ0) is 14.6. The van der Waals surface area contributed by atoms with Crippen LogP contribution in [-0.4, -0.2) is 33.2 Å². The molecule has 1 heterocycles. The predicted molar refractivity (Wildman–Crippen MR) is 76.8 cm³/mol. The van der Waals surface area contributed by atoms with Crippen molar-refractivity contribution < 1.29 is 13.2 Å². The number of amides is 1. The molecule has 1 aromatic carbocycles. The van der Waals surface area contributed by atoms with Crippen molar-refractivity contribution in [2.24, 2.45) is 5.14 Å². The van der Waals surface area contributed by atoms with Crippen LogP contribution in [0.4, 0.5) is 0 Å². The molecule has 6 nitrogen and oxygen atoms in total. The molecule has 0 unspecified atom stereocenters. The summed E-state index contributed by atoms with van der Waals surface area (Å²) in [5.74, 6) is -0.311. The van der Waals surface area contributed by atoms with Gasteiger partial charge in [0.25, 0.3) is 5.91 Å². The van der Waals surface area contributed by atoms with Crippen LogP contribution in [0.2, 0.25) is 0 Å². The first-order chi connectivity index (χ1) is 9.46. The minimum atomic E-state index is -3.46. The molecule has 0 saturated carbocycles. The Labute approximate surface area is 118 Å². The van der Waals surface area contributed by atoms with E-state index in [9.17, 15) is 13.2 Å². The van der Waals surface area contributed by atoms with Crippen molar-refractivity contribution in [2.45, 2.75) is 19.4 Å². The smallest absolute Gasteiger partial charge is 0.251 e. The third-order valence-electron chi connectivity index (χ3n) is 3.25. The normalized spacial score (nSPS) is 14.7. The highest BCUT2D eigenvalue weighted by Gasteiger charge is 2.12. The molecule has 0 bridgehead atoms. The van der Waals surface area contributed by atoms with Crippen LogP contribution < -0.4 is 15.8 Å². The average Bonchev–Trinajstić information content (AvgIpc) is 2.42. The number of carbonyl (C=O) groups is 1. The van der Waals surface area contributed by atoms with E-state index in [2.05, 4.69) is 10.6 Å². The number of carbonyl (C=O) groups excluding carboxylic acids is 1. The number of hydrogen-bond donors (Lipinski definition) is 3. The third-order valence-corrected chi connectivity index (χ3v) is 4.10. The summed E-state index contributed by atoms with van der Waals surface area (Å²) in [5.41, 5.74) is 3.02. The number of hydrogen-bond acceptors (Lipinski definition) is 4. The van der Waals surface area contributed by atoms with Crippen LogP contribution >= 0.6 is 0 Å². The van der Waals surface area contributed by atoms with Crippen molar-refractivity contribution >= 4 is 15.9 Å². The van der Waals surface area contributed by atoms with Crippen molar-refractivity contribution in [3.05, 3.63) is 34.9 Å². The summed E-state index contributed by atoms with van der Waals surface area (Å²) < 4.78 is 21.5. The van der Waals surface area contributed by atoms with Gasteiger partial charge in [-0.25, -0.2) is 13.6 Å². The van der Waals surface area contributed by atoms with Gasteiger partial charge in [0.15, 0.2) is 0 Å². The first kappa shape index (κ1) is 15.0. The number of nitrogens with one attached hydrogen (secondary N) is 2. The number of fused-ring (bicyclic) bond motifs is 1. The van der Waals surface area contributed by atoms with Gasteiger partial charge in [-0.2, -0.15) is 0 Å². The maximum atomic E-state index is 11.9. The molecule has 110 valence electrons. The summed E-state index contributed by atoms with van der Waals surface area (Å²) in [5, 5.41) is 10.9. The van der Waals surface area contributed by atoms with Crippen LogP contribution in [0.25, 0.3) is 0 Å². The van der Waals surface area contributed by atoms with Crippen LogP contribution in [0.5, 0.6) is 0 Å². The Kier molecular flexibility index (Phi) is 4.74. The lowest BCUT2D eigenvalue weighted by Crippen LogP contribution is -2.28. The molecular weight excluding hydrogens is 278 g/mol. The highest BCUT2D eigenvalue weighted by molar-refractivity contribution is 7.89. The molecule has 7 heteroatoms. The van der Waals surface area contributed by atoms with Crippen molar-refractivity contribution in [1.82, 2.24) is 10.6 Å². The van der Waals surface area contributed by atoms with Crippen molar-refractivity contribution in [2.75, 3.05) is 18.8 Å². The van der Waals surface area contributed by atoms with E-state index in [4.69, 9.17) is 5.14 Å². The monoisotopic (exact) mass is 297 g/mol. The van der Waals surface area contributed by atoms with E-state index in [1.54, 1.807) is 6.07 Å². The minimum absolute atomic E-state index is 0.124. The van der Waals surface area contributed by atoms with Crippen LogP contribution in [0, 0.1) is 0 Å². The molecule has 0 fully saturated rings. The summed E-state index contributed by atoms with van der Waals surface area (Å²) in [6.45, 7) is 2.04. The van der Waals surface area contributed by atoms with Crippen LogP contribution in [-0.2, 0) is 23.0 Å². The fourth-order valence-electron chi connectivity index (χ4n) is 2.20. The fraction of sp³-hybridized carbons (Fsp3) is 0.462. The molecule has 1 aliphatic rings. The van der Waals surface area contributed by atoms with Gasteiger partial charge in [-0.1, -0.05) is 6.07 Å². The van der Waals surface area contributed by atoms with Crippen LogP contribution in [0.15, 0.2) is 18.2 Å². The summed E-state index contributed by atoms with van der Waals surface area (Å²) in [6, 6.07) is 5.67. The molecule has 0 atom stereocenters. The summed E-state index contributed by atoms with van der Waals surface area (Å²) in [6.07, 6.45) is 1.29. The fourth-order valence-corrected chi connectivity index (χ4v) is 2.75. The lowest BCUT2D eigenvalue weighted by Gasteiger charge is -2.17. The van der Waals surface area contributed by atoms with E-state index in [0.29, 0.717) is 18.5 Å². The highest BCUT2D eigenvalue weighted by Crippen LogP contribution is 2.15. The van der Waals surface area contributed by atoms with Crippen LogP contribution in [0.3, 0.4) is 0 Å². The van der Waals surface area contributed by atoms with Crippen molar-refractivity contribution in [1.29, 1.82) is 0 Å². The number of sulfonamides is 1.